The largest absolute Gasteiger partial charge is 1.00 e. The second-order valence-electron chi connectivity index (χ2n) is 0.250. The summed E-state index contributed by atoms with van der Waals surface area (Å²) in [6.07, 6.45) is 0. The van der Waals surface area contributed by atoms with E-state index < -0.39 is 9.17 Å². The fourth-order valence-corrected chi connectivity index (χ4v) is 0. The molecule has 0 aliphatic rings. The maximum atomic E-state index is 8.52. The summed E-state index contributed by atoms with van der Waals surface area (Å²) in [6.45, 7) is 0. The van der Waals surface area contributed by atoms with Gasteiger partial charge in [-0.15, -0.1) is 0 Å². The fourth-order valence-electron chi connectivity index (χ4n) is 0. The predicted molar refractivity (Wildman–Crippen MR) is 6.44 cm³/mol. The predicted octanol–water partition coefficient (Wildman–Crippen LogP) is -8.87. The van der Waals surface area contributed by atoms with Crippen molar-refractivity contribution >= 4 is 9.17 Å². The molecule has 0 amide bonds. The molecule has 0 rings (SSSR count). The second kappa shape index (κ2) is 22.5. The van der Waals surface area contributed by atoms with E-state index in [0.717, 1.165) is 0 Å². The van der Waals surface area contributed by atoms with E-state index in [0.29, 0.717) is 0 Å². The monoisotopic (exact) mass is 522 g/mol. The van der Waals surface area contributed by atoms with Gasteiger partial charge < -0.3 is 14.1 Å². The third kappa shape index (κ3) is 48.4. The van der Waals surface area contributed by atoms with E-state index in [1.54, 1.807) is 0 Å². The maximum Gasteiger partial charge on any atom is 1.00 e. The molecule has 0 radical (unpaired) electrons. The van der Waals surface area contributed by atoms with Gasteiger partial charge >= 0.3 is 103 Å². The molecule has 8 heteroatoms. The Morgan fingerprint density at radius 1 is 1.00 bits per heavy atom. The molecule has 0 saturated carbocycles. The van der Waals surface area contributed by atoms with Gasteiger partial charge in [0.15, 0.2) is 0 Å². The Hall–Kier alpha value is 4.27. The van der Waals surface area contributed by atoms with Gasteiger partial charge in [-0.3, -0.25) is 0 Å². The average molecular weight is 522 g/mol. The fraction of sp³-hybridized carbons (Fsp3) is 0. The first-order valence-electron chi connectivity index (χ1n) is 0.612. The molecule has 8 heavy (non-hydrogen) atoms. The zero-order valence-corrected chi connectivity index (χ0v) is 17.7. The van der Waals surface area contributed by atoms with Crippen LogP contribution in [0.2, 0.25) is 0 Å². The van der Waals surface area contributed by atoms with Crippen LogP contribution in [0, 0.1) is 0 Å². The molecule has 0 fully saturated rings. The Kier molecular flexibility index (Phi) is 82.9. The molecule has 0 N–H and O–H groups in total. The average Bonchev–Trinajstić information content (AvgIpc) is 0.811. The minimum Gasteiger partial charge on any atom is -0.672 e. The summed E-state index contributed by atoms with van der Waals surface area (Å²) < 4.78 is 8.52. The van der Waals surface area contributed by atoms with Crippen molar-refractivity contribution in [2.75, 3.05) is 0 Å². The summed E-state index contributed by atoms with van der Waals surface area (Å²) in [4.78, 5) is 17.0. The van der Waals surface area contributed by atoms with Crippen LogP contribution in [0.5, 0.6) is 0 Å². The molecule has 0 bridgehead atoms. The van der Waals surface area contributed by atoms with Gasteiger partial charge in [0.05, 0.1) is 0 Å². The molecule has 0 spiro atoms. The van der Waals surface area contributed by atoms with Crippen molar-refractivity contribution in [1.82, 2.24) is 0 Å². The second-order valence-corrected chi connectivity index (χ2v) is 0.750. The summed E-state index contributed by atoms with van der Waals surface area (Å²) in [7, 11) is -3.63. The number of hydrogen-bond donors (Lipinski definition) is 0. The van der Waals surface area contributed by atoms with E-state index >= 15 is 0 Å². The van der Waals surface area contributed by atoms with Crippen LogP contribution in [0.4, 0.5) is 0 Å². The number of hydrogen-bond acceptors (Lipinski definition) is 3. The van der Waals surface area contributed by atoms with Crippen molar-refractivity contribution in [3.05, 3.63) is 0 Å². The van der Waals surface area contributed by atoms with Crippen molar-refractivity contribution in [3.8, 4) is 0 Å². The van der Waals surface area contributed by atoms with E-state index in [9.17, 15) is 0 Å². The number of rotatable bonds is 0. The summed E-state index contributed by atoms with van der Waals surface area (Å²) in [5, 5.41) is 0. The molecule has 0 aliphatic carbocycles. The van der Waals surface area contributed by atoms with E-state index in [1.165, 1.54) is 0 Å². The van der Waals surface area contributed by atoms with E-state index in [-0.39, 0.29) is 145 Å². The molecule has 0 unspecified atom stereocenters. The molecule has 0 aromatic rings. The van der Waals surface area contributed by atoms with Crippen LogP contribution < -0.4 is 112 Å². The zero-order chi connectivity index (χ0) is 3.58. The standard InChI is InChI=1S/2K.O3Si.2W/c;;1-4(2)3;;/q2*+1;-2;;. The third-order valence-corrected chi connectivity index (χ3v) is 0. The first kappa shape index (κ1) is 29.5. The Labute approximate surface area is 163 Å². The van der Waals surface area contributed by atoms with Gasteiger partial charge in [-0.05, 0) is 0 Å². The van der Waals surface area contributed by atoms with Crippen LogP contribution in [-0.4, -0.2) is 9.17 Å². The smallest absolute Gasteiger partial charge is 0.672 e. The Morgan fingerprint density at radius 3 is 1.00 bits per heavy atom. The van der Waals surface area contributed by atoms with Crippen molar-refractivity contribution in [2.45, 2.75) is 0 Å². The summed E-state index contributed by atoms with van der Waals surface area (Å²) in [5.74, 6) is 0. The Balaban J connectivity index is -0.00000000750. The van der Waals surface area contributed by atoms with Gasteiger partial charge in [0.2, 0.25) is 0 Å². The van der Waals surface area contributed by atoms with E-state index in [1.807, 2.05) is 0 Å². The normalized spacial score (nSPS) is 3.00. The first-order chi connectivity index (χ1) is 1.73. The van der Waals surface area contributed by atoms with E-state index in [4.69, 9.17) is 14.1 Å². The molecule has 0 aliphatic heterocycles. The van der Waals surface area contributed by atoms with Gasteiger partial charge in [0.25, 0.3) is 0 Å². The Morgan fingerprint density at radius 2 is 1.00 bits per heavy atom. The van der Waals surface area contributed by atoms with Crippen LogP contribution in [0.25, 0.3) is 0 Å². The molecule has 0 aromatic heterocycles. The SMILES string of the molecule is O=[Si]([O-])[O-].[K+].[K+].[W].[W]. The van der Waals surface area contributed by atoms with Crippen molar-refractivity contribution in [1.29, 1.82) is 0 Å². The van der Waals surface area contributed by atoms with Crippen LogP contribution in [0.1, 0.15) is 0 Å². The summed E-state index contributed by atoms with van der Waals surface area (Å²) in [5.41, 5.74) is 0. The molecule has 0 heterocycles. The van der Waals surface area contributed by atoms with Gasteiger partial charge in [0, 0.05) is 51.3 Å². The molecule has 3 nitrogen and oxygen atoms in total. The van der Waals surface area contributed by atoms with Crippen LogP contribution in [0.3, 0.4) is 0 Å². The molecule has 36 valence electrons. The van der Waals surface area contributed by atoms with Crippen molar-refractivity contribution < 1.29 is 159 Å². The van der Waals surface area contributed by atoms with Gasteiger partial charge in [-0.2, -0.15) is 0 Å². The van der Waals surface area contributed by atoms with E-state index in [2.05, 4.69) is 0 Å². The van der Waals surface area contributed by atoms with Crippen LogP contribution >= 0.6 is 0 Å². The minimum absolute atomic E-state index is 0. The third-order valence-electron chi connectivity index (χ3n) is 0. The van der Waals surface area contributed by atoms with Gasteiger partial charge in [0.1, 0.15) is 0 Å². The zero-order valence-electron chi connectivity index (χ0n) is 4.54. The molecule has 0 saturated heterocycles. The van der Waals surface area contributed by atoms with Crippen LogP contribution in [0.15, 0.2) is 0 Å². The maximum absolute atomic E-state index is 8.52. The molecular formula is K2O3SiW2. The van der Waals surface area contributed by atoms with Gasteiger partial charge in [-0.1, -0.05) is 0 Å². The first-order valence-corrected chi connectivity index (χ1v) is 1.84. The molecule has 0 aromatic carbocycles. The Bertz CT molecular complexity index is 38.3. The minimum atomic E-state index is -3.63. The summed E-state index contributed by atoms with van der Waals surface area (Å²) in [6, 6.07) is 0. The van der Waals surface area contributed by atoms with Gasteiger partial charge in [-0.25, -0.2) is 0 Å². The molecular weight excluding hydrogens is 522 g/mol. The van der Waals surface area contributed by atoms with Crippen molar-refractivity contribution in [3.63, 3.8) is 0 Å². The van der Waals surface area contributed by atoms with Crippen LogP contribution in [-0.2, 0) is 46.6 Å². The molecule has 0 atom stereocenters. The van der Waals surface area contributed by atoms with Crippen molar-refractivity contribution in [2.24, 2.45) is 0 Å². The topological polar surface area (TPSA) is 63.2 Å². The quantitative estimate of drug-likeness (QED) is 0.298. The summed E-state index contributed by atoms with van der Waals surface area (Å²) >= 11 is 0.